The maximum Gasteiger partial charge on any atom is 0.0866 e. The Kier molecular flexibility index (Phi) is 11.3. The number of quaternary nitrogens is 1. The Morgan fingerprint density at radius 3 is 1.75 bits per heavy atom. The van der Waals surface area contributed by atoms with Crippen LogP contribution in [0.3, 0.4) is 0 Å². The minimum Gasteiger partial charge on any atom is -1.00 e. The number of unbranched alkanes of at least 4 members (excludes halogenated alkanes) is 5. The first kappa shape index (κ1) is 20.7. The molecule has 24 heavy (non-hydrogen) atoms. The molecule has 0 spiro atoms. The van der Waals surface area contributed by atoms with Crippen molar-refractivity contribution >= 4 is 0 Å². The Hall–Kier alpha value is -1.31. The van der Waals surface area contributed by atoms with Crippen molar-refractivity contribution in [2.45, 2.75) is 51.4 Å². The number of halogens is 1. The fourth-order valence-electron chi connectivity index (χ4n) is 3.19. The van der Waals surface area contributed by atoms with Crippen LogP contribution in [0.25, 0.3) is 0 Å². The van der Waals surface area contributed by atoms with E-state index in [1.54, 1.807) is 0 Å². The van der Waals surface area contributed by atoms with Crippen LogP contribution in [0.1, 0.15) is 62.5 Å². The highest BCUT2D eigenvalue weighted by atomic mass is 35.5. The van der Waals surface area contributed by atoms with Gasteiger partial charge in [-0.15, -0.1) is 0 Å². The van der Waals surface area contributed by atoms with Gasteiger partial charge in [-0.2, -0.15) is 0 Å². The van der Waals surface area contributed by atoms with Crippen molar-refractivity contribution in [3.8, 4) is 0 Å². The molecule has 0 saturated carbocycles. The lowest BCUT2D eigenvalue weighted by molar-refractivity contribution is -0.656. The predicted octanol–water partition coefficient (Wildman–Crippen LogP) is 1.75. The number of hydrogen-bond donors (Lipinski definition) is 1. The first-order chi connectivity index (χ1) is 11.4. The molecule has 0 atom stereocenters. The Morgan fingerprint density at radius 1 is 0.708 bits per heavy atom. The minimum atomic E-state index is 0. The van der Waals surface area contributed by atoms with Crippen LogP contribution < -0.4 is 17.7 Å². The van der Waals surface area contributed by atoms with Crippen LogP contribution in [0.15, 0.2) is 60.7 Å². The normalized spacial score (nSPS) is 10.6. The molecule has 2 aromatic rings. The first-order valence-corrected chi connectivity index (χ1v) is 9.33. The molecular weight excluding hydrogens is 314 g/mol. The summed E-state index contributed by atoms with van der Waals surface area (Å²) in [6.07, 6.45) is 8.28. The van der Waals surface area contributed by atoms with Gasteiger partial charge in [0, 0.05) is 0 Å². The van der Waals surface area contributed by atoms with Crippen LogP contribution in [0, 0.1) is 0 Å². The second kappa shape index (κ2) is 13.0. The highest BCUT2D eigenvalue weighted by molar-refractivity contribution is 5.32. The van der Waals surface area contributed by atoms with Crippen molar-refractivity contribution in [3.05, 3.63) is 71.8 Å². The second-order valence-electron chi connectivity index (χ2n) is 6.45. The largest absolute Gasteiger partial charge is 1.00 e. The van der Waals surface area contributed by atoms with Gasteiger partial charge in [0.2, 0.25) is 0 Å². The van der Waals surface area contributed by atoms with Crippen molar-refractivity contribution in [1.29, 1.82) is 0 Å². The average molecular weight is 346 g/mol. The van der Waals surface area contributed by atoms with Crippen LogP contribution >= 0.6 is 0 Å². The van der Waals surface area contributed by atoms with Gasteiger partial charge in [-0.1, -0.05) is 93.3 Å². The molecule has 2 N–H and O–H groups in total. The van der Waals surface area contributed by atoms with Gasteiger partial charge in [-0.3, -0.25) is 0 Å². The van der Waals surface area contributed by atoms with Crippen molar-refractivity contribution in [2.75, 3.05) is 13.1 Å². The lowest BCUT2D eigenvalue weighted by Gasteiger charge is -2.16. The van der Waals surface area contributed by atoms with E-state index in [0.29, 0.717) is 5.92 Å². The summed E-state index contributed by atoms with van der Waals surface area (Å²) < 4.78 is 0. The Morgan fingerprint density at radius 2 is 1.21 bits per heavy atom. The zero-order valence-electron chi connectivity index (χ0n) is 15.0. The van der Waals surface area contributed by atoms with Crippen molar-refractivity contribution < 1.29 is 17.7 Å². The molecule has 0 heterocycles. The molecule has 0 amide bonds. The molecule has 2 heteroatoms. The Bertz CT molecular complexity index is 473. The van der Waals surface area contributed by atoms with E-state index in [9.17, 15) is 0 Å². The molecule has 0 aliphatic heterocycles. The van der Waals surface area contributed by atoms with Crippen LogP contribution in [0.2, 0.25) is 0 Å². The standard InChI is InChI=1S/C22H31N.ClH/c1-2-3-4-5-6-13-18-23-19-22(20-14-9-7-10-15-20)21-16-11-8-12-17-21;/h7-12,14-17,22-23H,2-6,13,18-19H2,1H3;1H. The monoisotopic (exact) mass is 345 g/mol. The van der Waals surface area contributed by atoms with E-state index >= 15 is 0 Å². The molecule has 0 radical (unpaired) electrons. The van der Waals surface area contributed by atoms with Gasteiger partial charge < -0.3 is 17.7 Å². The lowest BCUT2D eigenvalue weighted by Crippen LogP contribution is -3.00. The van der Waals surface area contributed by atoms with Crippen molar-refractivity contribution in [1.82, 2.24) is 0 Å². The first-order valence-electron chi connectivity index (χ1n) is 9.33. The molecule has 0 aliphatic rings. The van der Waals surface area contributed by atoms with Crippen LogP contribution in [-0.2, 0) is 0 Å². The van der Waals surface area contributed by atoms with Crippen LogP contribution in [-0.4, -0.2) is 13.1 Å². The van der Waals surface area contributed by atoms with E-state index in [4.69, 9.17) is 0 Å². The van der Waals surface area contributed by atoms with E-state index in [0.717, 1.165) is 6.54 Å². The summed E-state index contributed by atoms with van der Waals surface area (Å²) >= 11 is 0. The molecule has 0 bridgehead atoms. The molecular formula is C22H32ClN. The van der Waals surface area contributed by atoms with Gasteiger partial charge in [0.1, 0.15) is 0 Å². The maximum absolute atomic E-state index is 2.50. The summed E-state index contributed by atoms with van der Waals surface area (Å²) in [5.74, 6) is 0.498. The Balaban J connectivity index is 0.00000288. The highest BCUT2D eigenvalue weighted by Crippen LogP contribution is 2.22. The number of benzene rings is 2. The van der Waals surface area contributed by atoms with E-state index in [2.05, 4.69) is 72.9 Å². The van der Waals surface area contributed by atoms with Gasteiger partial charge in [-0.05, 0) is 24.0 Å². The molecule has 2 rings (SSSR count). The quantitative estimate of drug-likeness (QED) is 0.597. The van der Waals surface area contributed by atoms with E-state index in [1.165, 1.54) is 56.2 Å². The molecule has 132 valence electrons. The fraction of sp³-hybridized carbons (Fsp3) is 0.455. The molecule has 0 aliphatic carbocycles. The summed E-state index contributed by atoms with van der Waals surface area (Å²) in [7, 11) is 0. The summed E-state index contributed by atoms with van der Waals surface area (Å²) in [5.41, 5.74) is 2.86. The smallest absolute Gasteiger partial charge is 0.0866 e. The van der Waals surface area contributed by atoms with Gasteiger partial charge in [0.15, 0.2) is 0 Å². The minimum absolute atomic E-state index is 0. The van der Waals surface area contributed by atoms with Crippen LogP contribution in [0.4, 0.5) is 0 Å². The highest BCUT2D eigenvalue weighted by Gasteiger charge is 2.15. The van der Waals surface area contributed by atoms with Gasteiger partial charge >= 0.3 is 0 Å². The third-order valence-electron chi connectivity index (χ3n) is 4.57. The molecule has 0 unspecified atom stereocenters. The predicted molar refractivity (Wildman–Crippen MR) is 99.8 cm³/mol. The van der Waals surface area contributed by atoms with E-state index in [-0.39, 0.29) is 12.4 Å². The summed E-state index contributed by atoms with van der Waals surface area (Å²) in [6, 6.07) is 21.9. The van der Waals surface area contributed by atoms with E-state index in [1.807, 2.05) is 0 Å². The molecule has 2 aromatic carbocycles. The molecule has 0 saturated heterocycles. The van der Waals surface area contributed by atoms with Crippen molar-refractivity contribution in [3.63, 3.8) is 0 Å². The number of rotatable bonds is 11. The third-order valence-corrected chi connectivity index (χ3v) is 4.57. The zero-order chi connectivity index (χ0) is 16.2. The van der Waals surface area contributed by atoms with Gasteiger partial charge in [-0.25, -0.2) is 0 Å². The Labute approximate surface area is 154 Å². The van der Waals surface area contributed by atoms with Gasteiger partial charge in [0.05, 0.1) is 19.0 Å². The SMILES string of the molecule is CCCCCCCC[NH2+]CC(c1ccccc1)c1ccccc1.[Cl-]. The van der Waals surface area contributed by atoms with E-state index < -0.39 is 0 Å². The summed E-state index contributed by atoms with van der Waals surface area (Å²) in [4.78, 5) is 0. The zero-order valence-corrected chi connectivity index (χ0v) is 15.7. The number of nitrogens with two attached hydrogens (primary N) is 1. The summed E-state index contributed by atoms with van der Waals surface area (Å²) in [5, 5.41) is 2.50. The summed E-state index contributed by atoms with van der Waals surface area (Å²) in [6.45, 7) is 4.67. The topological polar surface area (TPSA) is 16.6 Å². The number of hydrogen-bond acceptors (Lipinski definition) is 0. The molecule has 0 aromatic heterocycles. The average Bonchev–Trinajstić information content (AvgIpc) is 2.62. The maximum atomic E-state index is 2.50. The molecule has 1 nitrogen and oxygen atoms in total. The van der Waals surface area contributed by atoms with Crippen LogP contribution in [0.5, 0.6) is 0 Å². The van der Waals surface area contributed by atoms with Crippen molar-refractivity contribution in [2.24, 2.45) is 0 Å². The molecule has 0 fully saturated rings. The second-order valence-corrected chi connectivity index (χ2v) is 6.45. The third kappa shape index (κ3) is 7.51. The van der Waals surface area contributed by atoms with Gasteiger partial charge in [0.25, 0.3) is 0 Å². The fourth-order valence-corrected chi connectivity index (χ4v) is 3.19. The lowest BCUT2D eigenvalue weighted by atomic mass is 9.91.